The van der Waals surface area contributed by atoms with E-state index in [1.165, 1.54) is 6.20 Å². The summed E-state index contributed by atoms with van der Waals surface area (Å²) in [7, 11) is 0. The Balaban J connectivity index is 2.39. The van der Waals surface area contributed by atoms with Gasteiger partial charge in [-0.25, -0.2) is 9.97 Å². The molecule has 0 amide bonds. The molecule has 3 heterocycles. The summed E-state index contributed by atoms with van der Waals surface area (Å²) in [6.07, 6.45) is -8.84. The van der Waals surface area contributed by atoms with Crippen molar-refractivity contribution in [2.45, 2.75) is 19.3 Å². The first-order valence-corrected chi connectivity index (χ1v) is 6.76. The average molecular weight is 361 g/mol. The fourth-order valence-electron chi connectivity index (χ4n) is 2.34. The Morgan fingerprint density at radius 2 is 1.76 bits per heavy atom. The Labute approximate surface area is 136 Å². The molecule has 0 fully saturated rings. The fourth-order valence-corrected chi connectivity index (χ4v) is 2.34. The lowest BCUT2D eigenvalue weighted by molar-refractivity contribution is -0.149. The first-order chi connectivity index (χ1) is 11.5. The van der Waals surface area contributed by atoms with Crippen LogP contribution in [0.3, 0.4) is 0 Å². The number of rotatable bonds is 1. The van der Waals surface area contributed by atoms with Crippen LogP contribution in [0, 0.1) is 6.92 Å². The molecule has 3 rings (SSSR count). The van der Waals surface area contributed by atoms with E-state index in [-0.39, 0.29) is 5.82 Å². The van der Waals surface area contributed by atoms with Gasteiger partial charge in [0.1, 0.15) is 11.5 Å². The van der Waals surface area contributed by atoms with Crippen LogP contribution in [0.4, 0.5) is 32.2 Å². The van der Waals surface area contributed by atoms with E-state index < -0.39 is 40.5 Å². The SMILES string of the molecule is Cc1cccnc1-n1nc2cc(C(F)(F)F)nc(C(F)(F)F)c2c1N. The first-order valence-electron chi connectivity index (χ1n) is 6.76. The van der Waals surface area contributed by atoms with Gasteiger partial charge in [0.2, 0.25) is 0 Å². The molecule has 2 N–H and O–H groups in total. The molecule has 0 unspecified atom stereocenters. The van der Waals surface area contributed by atoms with E-state index in [9.17, 15) is 26.3 Å². The van der Waals surface area contributed by atoms with E-state index >= 15 is 0 Å². The predicted octanol–water partition coefficient (Wildman–Crippen LogP) is 3.74. The van der Waals surface area contributed by atoms with Gasteiger partial charge in [-0.1, -0.05) is 6.07 Å². The molecule has 25 heavy (non-hydrogen) atoms. The number of nitrogen functional groups attached to an aromatic ring is 1. The maximum atomic E-state index is 13.2. The summed E-state index contributed by atoms with van der Waals surface area (Å²) in [6.45, 7) is 1.61. The summed E-state index contributed by atoms with van der Waals surface area (Å²) in [6, 6.07) is 3.62. The van der Waals surface area contributed by atoms with Crippen LogP contribution in [0.15, 0.2) is 24.4 Å². The van der Waals surface area contributed by atoms with Crippen LogP contribution in [0.25, 0.3) is 16.7 Å². The third kappa shape index (κ3) is 2.85. The van der Waals surface area contributed by atoms with Gasteiger partial charge in [0, 0.05) is 6.20 Å². The first kappa shape index (κ1) is 17.0. The van der Waals surface area contributed by atoms with Gasteiger partial charge in [0.05, 0.1) is 10.9 Å². The van der Waals surface area contributed by atoms with Crippen LogP contribution in [-0.2, 0) is 12.4 Å². The van der Waals surface area contributed by atoms with Crippen molar-refractivity contribution in [1.29, 1.82) is 0 Å². The van der Waals surface area contributed by atoms with Crippen LogP contribution in [0.5, 0.6) is 0 Å². The molecule has 11 heteroatoms. The van der Waals surface area contributed by atoms with E-state index in [4.69, 9.17) is 5.73 Å². The fraction of sp³-hybridized carbons (Fsp3) is 0.214. The Bertz CT molecular complexity index is 957. The highest BCUT2D eigenvalue weighted by Gasteiger charge is 2.41. The van der Waals surface area contributed by atoms with Gasteiger partial charge in [-0.2, -0.15) is 36.1 Å². The number of nitrogens with two attached hydrogens (primary N) is 1. The summed E-state index contributed by atoms with van der Waals surface area (Å²) < 4.78 is 79.1. The summed E-state index contributed by atoms with van der Waals surface area (Å²) in [5.41, 5.74) is 2.25. The summed E-state index contributed by atoms with van der Waals surface area (Å²) in [4.78, 5) is 6.69. The van der Waals surface area contributed by atoms with Gasteiger partial charge in [0.15, 0.2) is 11.5 Å². The summed E-state index contributed by atoms with van der Waals surface area (Å²) in [5, 5.41) is 3.08. The van der Waals surface area contributed by atoms with Gasteiger partial charge in [-0.3, -0.25) is 0 Å². The smallest absolute Gasteiger partial charge is 0.383 e. The number of anilines is 1. The molecule has 0 aliphatic rings. The van der Waals surface area contributed by atoms with E-state index in [2.05, 4.69) is 15.1 Å². The lowest BCUT2D eigenvalue weighted by Crippen LogP contribution is -2.15. The van der Waals surface area contributed by atoms with Gasteiger partial charge in [-0.05, 0) is 24.6 Å². The highest BCUT2D eigenvalue weighted by molar-refractivity contribution is 5.92. The number of aryl methyl sites for hydroxylation is 1. The largest absolute Gasteiger partial charge is 0.434 e. The number of hydrogen-bond donors (Lipinski definition) is 1. The molecule has 0 saturated heterocycles. The Hall–Kier alpha value is -2.85. The third-order valence-electron chi connectivity index (χ3n) is 3.43. The van der Waals surface area contributed by atoms with E-state index in [0.717, 1.165) is 4.68 Å². The van der Waals surface area contributed by atoms with Crippen molar-refractivity contribution in [3.8, 4) is 5.82 Å². The Morgan fingerprint density at radius 3 is 2.32 bits per heavy atom. The maximum Gasteiger partial charge on any atom is 0.434 e. The summed E-state index contributed by atoms with van der Waals surface area (Å²) in [5.74, 6) is -0.386. The zero-order valence-corrected chi connectivity index (χ0v) is 12.4. The lowest BCUT2D eigenvalue weighted by Gasteiger charge is -2.11. The van der Waals surface area contributed by atoms with E-state index in [1.54, 1.807) is 19.1 Å². The number of fused-ring (bicyclic) bond motifs is 1. The predicted molar refractivity (Wildman–Crippen MR) is 75.8 cm³/mol. The van der Waals surface area contributed by atoms with Crippen molar-refractivity contribution in [3.63, 3.8) is 0 Å². The second-order valence-electron chi connectivity index (χ2n) is 5.19. The zero-order chi connectivity index (χ0) is 18.6. The molecule has 3 aromatic heterocycles. The lowest BCUT2D eigenvalue weighted by atomic mass is 10.2. The molecule has 0 aromatic carbocycles. The minimum Gasteiger partial charge on any atom is -0.383 e. The van der Waals surface area contributed by atoms with Crippen molar-refractivity contribution in [2.75, 3.05) is 5.73 Å². The molecule has 0 aliphatic heterocycles. The van der Waals surface area contributed by atoms with Gasteiger partial charge in [-0.15, -0.1) is 0 Å². The average Bonchev–Trinajstić information content (AvgIpc) is 2.82. The quantitative estimate of drug-likeness (QED) is 0.671. The van der Waals surface area contributed by atoms with Gasteiger partial charge < -0.3 is 5.73 Å². The van der Waals surface area contributed by atoms with Gasteiger partial charge >= 0.3 is 12.4 Å². The second kappa shape index (κ2) is 5.33. The molecule has 0 bridgehead atoms. The number of aromatic nitrogens is 4. The Kier molecular flexibility index (Phi) is 3.62. The van der Waals surface area contributed by atoms with Crippen LogP contribution >= 0.6 is 0 Å². The highest BCUT2D eigenvalue weighted by Crippen LogP contribution is 2.39. The van der Waals surface area contributed by atoms with Crippen molar-refractivity contribution in [1.82, 2.24) is 19.7 Å². The van der Waals surface area contributed by atoms with Crippen LogP contribution in [-0.4, -0.2) is 19.7 Å². The minimum absolute atomic E-state index is 0.109. The van der Waals surface area contributed by atoms with Crippen molar-refractivity contribution in [2.24, 2.45) is 0 Å². The monoisotopic (exact) mass is 361 g/mol. The third-order valence-corrected chi connectivity index (χ3v) is 3.43. The molecule has 5 nitrogen and oxygen atoms in total. The molecular weight excluding hydrogens is 352 g/mol. The van der Waals surface area contributed by atoms with Crippen molar-refractivity contribution >= 4 is 16.7 Å². The van der Waals surface area contributed by atoms with Crippen molar-refractivity contribution in [3.05, 3.63) is 41.3 Å². The standard InChI is InChI=1S/C14H9F6N5/c1-6-3-2-4-22-12(6)25-11(21)9-7(24-25)5-8(13(15,16)17)23-10(9)14(18,19)20/h2-5H,21H2,1H3. The topological polar surface area (TPSA) is 69.6 Å². The molecular formula is C14H9F6N5. The van der Waals surface area contributed by atoms with Crippen LogP contribution in [0.2, 0.25) is 0 Å². The number of alkyl halides is 6. The maximum absolute atomic E-state index is 13.2. The highest BCUT2D eigenvalue weighted by atomic mass is 19.4. The number of pyridine rings is 2. The Morgan fingerprint density at radius 1 is 1.08 bits per heavy atom. The molecule has 0 atom stereocenters. The zero-order valence-electron chi connectivity index (χ0n) is 12.4. The second-order valence-corrected chi connectivity index (χ2v) is 5.19. The minimum atomic E-state index is -5.14. The summed E-state index contributed by atoms with van der Waals surface area (Å²) >= 11 is 0. The number of nitrogens with zero attached hydrogens (tertiary/aromatic N) is 4. The van der Waals surface area contributed by atoms with Crippen LogP contribution < -0.4 is 5.73 Å². The normalized spacial score (nSPS) is 12.8. The van der Waals surface area contributed by atoms with Crippen molar-refractivity contribution < 1.29 is 26.3 Å². The van der Waals surface area contributed by atoms with E-state index in [0.29, 0.717) is 11.6 Å². The van der Waals surface area contributed by atoms with Crippen LogP contribution in [0.1, 0.15) is 17.0 Å². The molecule has 0 saturated carbocycles. The molecule has 3 aromatic rings. The number of hydrogen-bond acceptors (Lipinski definition) is 4. The molecule has 0 radical (unpaired) electrons. The van der Waals surface area contributed by atoms with E-state index in [1.807, 2.05) is 0 Å². The molecule has 0 spiro atoms. The van der Waals surface area contributed by atoms with Gasteiger partial charge in [0.25, 0.3) is 0 Å². The number of halogens is 6. The molecule has 0 aliphatic carbocycles. The molecule has 132 valence electrons.